The van der Waals surface area contributed by atoms with Gasteiger partial charge in [0.2, 0.25) is 0 Å². The predicted octanol–water partition coefficient (Wildman–Crippen LogP) is 4.88. The summed E-state index contributed by atoms with van der Waals surface area (Å²) in [5, 5.41) is 4.22. The van der Waals surface area contributed by atoms with Crippen molar-refractivity contribution < 1.29 is 4.79 Å². The summed E-state index contributed by atoms with van der Waals surface area (Å²) in [7, 11) is 0. The number of benzene rings is 2. The molecule has 1 aliphatic carbocycles. The molecule has 0 saturated carbocycles. The van der Waals surface area contributed by atoms with Crippen LogP contribution in [0.15, 0.2) is 42.5 Å². The maximum absolute atomic E-state index is 12.4. The van der Waals surface area contributed by atoms with Crippen molar-refractivity contribution in [2.45, 2.75) is 13.3 Å². The minimum Gasteiger partial charge on any atom is -0.322 e. The number of allylic oxidation sites excluding steroid dienone is 1. The Kier molecular flexibility index (Phi) is 3.75. The van der Waals surface area contributed by atoms with Gasteiger partial charge in [0.05, 0.1) is 0 Å². The topological polar surface area (TPSA) is 29.1 Å². The lowest BCUT2D eigenvalue weighted by Crippen LogP contribution is -2.13. The summed E-state index contributed by atoms with van der Waals surface area (Å²) < 4.78 is 0. The van der Waals surface area contributed by atoms with E-state index in [0.29, 0.717) is 15.6 Å². The van der Waals surface area contributed by atoms with Crippen LogP contribution in [0.2, 0.25) is 10.0 Å². The first-order chi connectivity index (χ1) is 10.0. The first kappa shape index (κ1) is 14.2. The molecule has 0 aromatic heterocycles. The molecule has 21 heavy (non-hydrogen) atoms. The summed E-state index contributed by atoms with van der Waals surface area (Å²) >= 11 is 12.0. The maximum atomic E-state index is 12.4. The molecule has 1 amide bonds. The molecular weight excluding hydrogens is 305 g/mol. The molecule has 0 fully saturated rings. The summed E-state index contributed by atoms with van der Waals surface area (Å²) in [4.78, 5) is 12.4. The second-order valence-electron chi connectivity index (χ2n) is 5.04. The molecule has 1 N–H and O–H groups in total. The van der Waals surface area contributed by atoms with Crippen LogP contribution in [-0.2, 0) is 11.2 Å². The van der Waals surface area contributed by atoms with Gasteiger partial charge in [-0.15, -0.1) is 0 Å². The van der Waals surface area contributed by atoms with Crippen LogP contribution in [0.3, 0.4) is 0 Å². The van der Waals surface area contributed by atoms with Crippen LogP contribution in [0.25, 0.3) is 5.57 Å². The summed E-state index contributed by atoms with van der Waals surface area (Å²) in [5.74, 6) is -0.127. The molecule has 3 rings (SSSR count). The van der Waals surface area contributed by atoms with Crippen molar-refractivity contribution in [1.29, 1.82) is 0 Å². The van der Waals surface area contributed by atoms with Crippen LogP contribution in [0.5, 0.6) is 0 Å². The highest BCUT2D eigenvalue weighted by Crippen LogP contribution is 2.31. The fraction of sp³-hybridized carbons (Fsp3) is 0.118. The minimum absolute atomic E-state index is 0.127. The molecule has 106 valence electrons. The maximum Gasteiger partial charge on any atom is 0.255 e. The van der Waals surface area contributed by atoms with Gasteiger partial charge in [-0.25, -0.2) is 0 Å². The van der Waals surface area contributed by atoms with E-state index in [1.54, 1.807) is 12.1 Å². The lowest BCUT2D eigenvalue weighted by Gasteiger charge is -2.09. The van der Waals surface area contributed by atoms with E-state index in [1.807, 2.05) is 37.3 Å². The van der Waals surface area contributed by atoms with Crippen molar-refractivity contribution in [3.05, 3.63) is 69.2 Å². The average Bonchev–Trinajstić information content (AvgIpc) is 2.86. The number of anilines is 1. The first-order valence-corrected chi connectivity index (χ1v) is 7.36. The van der Waals surface area contributed by atoms with E-state index >= 15 is 0 Å². The van der Waals surface area contributed by atoms with Crippen LogP contribution in [0, 0.1) is 6.92 Å². The molecule has 4 heteroatoms. The van der Waals surface area contributed by atoms with E-state index in [9.17, 15) is 4.79 Å². The molecule has 0 atom stereocenters. The Balaban J connectivity index is 1.84. The summed E-state index contributed by atoms with van der Waals surface area (Å²) in [5.41, 5.74) is 4.36. The average molecular weight is 318 g/mol. The van der Waals surface area contributed by atoms with Gasteiger partial charge in [-0.1, -0.05) is 35.3 Å². The second kappa shape index (κ2) is 5.55. The zero-order valence-electron chi connectivity index (χ0n) is 11.4. The molecule has 1 aliphatic rings. The molecule has 0 radical (unpaired) electrons. The first-order valence-electron chi connectivity index (χ1n) is 6.61. The minimum atomic E-state index is -0.127. The smallest absolute Gasteiger partial charge is 0.255 e. The van der Waals surface area contributed by atoms with Crippen LogP contribution < -0.4 is 5.32 Å². The van der Waals surface area contributed by atoms with E-state index in [-0.39, 0.29) is 5.91 Å². The van der Waals surface area contributed by atoms with Gasteiger partial charge < -0.3 is 5.32 Å². The van der Waals surface area contributed by atoms with Gasteiger partial charge in [0.25, 0.3) is 5.91 Å². The number of hydrogen-bond acceptors (Lipinski definition) is 1. The van der Waals surface area contributed by atoms with E-state index in [4.69, 9.17) is 23.2 Å². The fourth-order valence-corrected chi connectivity index (χ4v) is 2.72. The predicted molar refractivity (Wildman–Crippen MR) is 88.0 cm³/mol. The standard InChI is InChI=1S/C17H13Cl2NO/c1-10-8-13(5-7-16(10)19)20-17(21)14-6-3-11-2-4-12(18)9-15(11)14/h2,4-9H,3H2,1H3,(H,20,21). The molecule has 0 heterocycles. The van der Waals surface area contributed by atoms with Crippen molar-refractivity contribution in [3.63, 3.8) is 0 Å². The molecule has 0 saturated heterocycles. The third-order valence-corrected chi connectivity index (χ3v) is 4.21. The number of carbonyl (C=O) groups is 1. The SMILES string of the molecule is Cc1cc(NC(=O)C2=CCc3ccc(Cl)cc32)ccc1Cl. The van der Waals surface area contributed by atoms with Crippen molar-refractivity contribution in [2.24, 2.45) is 0 Å². The van der Waals surface area contributed by atoms with E-state index in [1.165, 1.54) is 0 Å². The third-order valence-electron chi connectivity index (χ3n) is 3.55. The second-order valence-corrected chi connectivity index (χ2v) is 5.89. The molecule has 0 bridgehead atoms. The van der Waals surface area contributed by atoms with Crippen LogP contribution in [0.4, 0.5) is 5.69 Å². The van der Waals surface area contributed by atoms with Gasteiger partial charge in [-0.05, 0) is 60.4 Å². The quantitative estimate of drug-likeness (QED) is 0.840. The Hall–Kier alpha value is -1.77. The van der Waals surface area contributed by atoms with E-state index in [2.05, 4.69) is 5.32 Å². The Labute approximate surface area is 133 Å². The van der Waals surface area contributed by atoms with Gasteiger partial charge in [-0.2, -0.15) is 0 Å². The summed E-state index contributed by atoms with van der Waals surface area (Å²) in [6.45, 7) is 1.90. The van der Waals surface area contributed by atoms with Crippen molar-refractivity contribution >= 4 is 40.4 Å². The normalized spacial score (nSPS) is 12.8. The van der Waals surface area contributed by atoms with Crippen LogP contribution in [-0.4, -0.2) is 5.91 Å². The number of fused-ring (bicyclic) bond motifs is 1. The number of nitrogens with one attached hydrogen (secondary N) is 1. The fourth-order valence-electron chi connectivity index (χ4n) is 2.44. The molecule has 2 aromatic rings. The molecular formula is C17H13Cl2NO. The monoisotopic (exact) mass is 317 g/mol. The van der Waals surface area contributed by atoms with Crippen LogP contribution >= 0.6 is 23.2 Å². The summed E-state index contributed by atoms with van der Waals surface area (Å²) in [6.07, 6.45) is 2.69. The molecule has 2 nitrogen and oxygen atoms in total. The zero-order chi connectivity index (χ0) is 15.0. The molecule has 0 aliphatic heterocycles. The van der Waals surface area contributed by atoms with Crippen LogP contribution in [0.1, 0.15) is 16.7 Å². The van der Waals surface area contributed by atoms with Gasteiger partial charge in [0.1, 0.15) is 0 Å². The number of hydrogen-bond donors (Lipinski definition) is 1. The number of aryl methyl sites for hydroxylation is 1. The van der Waals surface area contributed by atoms with Crippen molar-refractivity contribution in [1.82, 2.24) is 0 Å². The number of halogens is 2. The van der Waals surface area contributed by atoms with Gasteiger partial charge in [0, 0.05) is 21.3 Å². The highest BCUT2D eigenvalue weighted by Gasteiger charge is 2.20. The highest BCUT2D eigenvalue weighted by atomic mass is 35.5. The number of rotatable bonds is 2. The number of carbonyl (C=O) groups excluding carboxylic acids is 1. The van der Waals surface area contributed by atoms with E-state index in [0.717, 1.165) is 28.8 Å². The highest BCUT2D eigenvalue weighted by molar-refractivity contribution is 6.32. The Morgan fingerprint density at radius 1 is 1.14 bits per heavy atom. The van der Waals surface area contributed by atoms with Crippen molar-refractivity contribution in [3.8, 4) is 0 Å². The van der Waals surface area contributed by atoms with E-state index < -0.39 is 0 Å². The Bertz CT molecular complexity index is 765. The molecule has 0 spiro atoms. The number of amides is 1. The molecule has 0 unspecified atom stereocenters. The Morgan fingerprint density at radius 2 is 1.95 bits per heavy atom. The van der Waals surface area contributed by atoms with Crippen molar-refractivity contribution in [2.75, 3.05) is 5.32 Å². The molecule has 2 aromatic carbocycles. The van der Waals surface area contributed by atoms with Gasteiger partial charge in [-0.3, -0.25) is 4.79 Å². The van der Waals surface area contributed by atoms with Gasteiger partial charge in [0.15, 0.2) is 0 Å². The summed E-state index contributed by atoms with van der Waals surface area (Å²) in [6, 6.07) is 11.1. The lowest BCUT2D eigenvalue weighted by atomic mass is 10.1. The zero-order valence-corrected chi connectivity index (χ0v) is 12.9. The van der Waals surface area contributed by atoms with Gasteiger partial charge >= 0.3 is 0 Å². The third kappa shape index (κ3) is 2.82. The lowest BCUT2D eigenvalue weighted by molar-refractivity contribution is -0.111. The largest absolute Gasteiger partial charge is 0.322 e. The Morgan fingerprint density at radius 3 is 2.71 bits per heavy atom.